The number of benzene rings is 1. The van der Waals surface area contributed by atoms with Gasteiger partial charge in [0.1, 0.15) is 5.82 Å². The van der Waals surface area contributed by atoms with Crippen molar-refractivity contribution in [3.05, 3.63) is 46.6 Å². The standard InChI is InChI=1S/C16H17BrN4O/c17-11-5-7-13(8-6-11)19-16(22)14-9-10-15(21-20-14)18-12-3-1-2-4-12/h5-10,12H,1-4H2,(H,18,21)(H,19,22). The Morgan fingerprint density at radius 3 is 2.41 bits per heavy atom. The van der Waals surface area contributed by atoms with Gasteiger partial charge in [-0.05, 0) is 49.2 Å². The summed E-state index contributed by atoms with van der Waals surface area (Å²) in [5.74, 6) is 0.467. The van der Waals surface area contributed by atoms with Gasteiger partial charge in [0.05, 0.1) is 0 Å². The summed E-state index contributed by atoms with van der Waals surface area (Å²) < 4.78 is 0.965. The van der Waals surface area contributed by atoms with E-state index in [1.54, 1.807) is 6.07 Å². The van der Waals surface area contributed by atoms with Crippen LogP contribution in [0.1, 0.15) is 36.2 Å². The van der Waals surface area contributed by atoms with Crippen molar-refractivity contribution in [3.8, 4) is 0 Å². The van der Waals surface area contributed by atoms with Crippen molar-refractivity contribution in [1.29, 1.82) is 0 Å². The Bertz CT molecular complexity index is 636. The first kappa shape index (κ1) is 15.0. The Morgan fingerprint density at radius 2 is 1.77 bits per heavy atom. The van der Waals surface area contributed by atoms with Gasteiger partial charge in [-0.25, -0.2) is 0 Å². The molecule has 0 saturated heterocycles. The van der Waals surface area contributed by atoms with E-state index in [0.29, 0.717) is 11.7 Å². The quantitative estimate of drug-likeness (QED) is 0.868. The van der Waals surface area contributed by atoms with Gasteiger partial charge in [0.25, 0.3) is 5.91 Å². The van der Waals surface area contributed by atoms with Crippen molar-refractivity contribution in [2.45, 2.75) is 31.7 Å². The van der Waals surface area contributed by atoms with E-state index in [2.05, 4.69) is 36.8 Å². The third-order valence-corrected chi connectivity index (χ3v) is 4.24. The molecular weight excluding hydrogens is 344 g/mol. The fraction of sp³-hybridized carbons (Fsp3) is 0.312. The maximum Gasteiger partial charge on any atom is 0.276 e. The fourth-order valence-corrected chi connectivity index (χ4v) is 2.80. The molecule has 0 radical (unpaired) electrons. The third-order valence-electron chi connectivity index (χ3n) is 3.71. The summed E-state index contributed by atoms with van der Waals surface area (Å²) in [7, 11) is 0. The van der Waals surface area contributed by atoms with Gasteiger partial charge in [-0.1, -0.05) is 28.8 Å². The van der Waals surface area contributed by atoms with Crippen LogP contribution in [0.5, 0.6) is 0 Å². The first-order chi connectivity index (χ1) is 10.7. The van der Waals surface area contributed by atoms with Crippen LogP contribution >= 0.6 is 15.9 Å². The zero-order chi connectivity index (χ0) is 15.4. The minimum Gasteiger partial charge on any atom is -0.366 e. The molecular formula is C16H17BrN4O. The number of halogens is 1. The van der Waals surface area contributed by atoms with Crippen LogP contribution < -0.4 is 10.6 Å². The predicted molar refractivity (Wildman–Crippen MR) is 90.0 cm³/mol. The zero-order valence-electron chi connectivity index (χ0n) is 12.1. The molecule has 1 aromatic carbocycles. The molecule has 0 unspecified atom stereocenters. The van der Waals surface area contributed by atoms with E-state index in [-0.39, 0.29) is 5.91 Å². The third kappa shape index (κ3) is 3.82. The van der Waals surface area contributed by atoms with Crippen LogP contribution in [0.15, 0.2) is 40.9 Å². The van der Waals surface area contributed by atoms with E-state index in [1.165, 1.54) is 25.7 Å². The Labute approximate surface area is 137 Å². The lowest BCUT2D eigenvalue weighted by Gasteiger charge is -2.11. The highest BCUT2D eigenvalue weighted by atomic mass is 79.9. The monoisotopic (exact) mass is 360 g/mol. The molecule has 2 aromatic rings. The van der Waals surface area contributed by atoms with Crippen molar-refractivity contribution >= 4 is 33.3 Å². The lowest BCUT2D eigenvalue weighted by atomic mass is 10.2. The van der Waals surface area contributed by atoms with Gasteiger partial charge >= 0.3 is 0 Å². The molecule has 1 aliphatic rings. The summed E-state index contributed by atoms with van der Waals surface area (Å²) >= 11 is 3.36. The highest BCUT2D eigenvalue weighted by Gasteiger charge is 2.15. The highest BCUT2D eigenvalue weighted by molar-refractivity contribution is 9.10. The second kappa shape index (κ2) is 6.87. The Hall–Kier alpha value is -1.95. The highest BCUT2D eigenvalue weighted by Crippen LogP contribution is 2.21. The molecule has 1 heterocycles. The molecule has 0 aliphatic heterocycles. The van der Waals surface area contributed by atoms with E-state index in [9.17, 15) is 4.79 Å². The number of hydrogen-bond donors (Lipinski definition) is 2. The van der Waals surface area contributed by atoms with Gasteiger partial charge in [-0.2, -0.15) is 0 Å². The largest absolute Gasteiger partial charge is 0.366 e. The van der Waals surface area contributed by atoms with Crippen LogP contribution in [0.25, 0.3) is 0 Å². The molecule has 1 fully saturated rings. The minimum atomic E-state index is -0.262. The number of carbonyl (C=O) groups is 1. The Balaban J connectivity index is 1.61. The second-order valence-electron chi connectivity index (χ2n) is 5.39. The smallest absolute Gasteiger partial charge is 0.276 e. The predicted octanol–water partition coefficient (Wildman–Crippen LogP) is 3.85. The number of anilines is 2. The summed E-state index contributed by atoms with van der Waals surface area (Å²) in [6.07, 6.45) is 4.87. The normalized spacial score (nSPS) is 14.8. The first-order valence-electron chi connectivity index (χ1n) is 7.38. The lowest BCUT2D eigenvalue weighted by Crippen LogP contribution is -2.18. The average Bonchev–Trinajstić information content (AvgIpc) is 3.03. The molecule has 0 bridgehead atoms. The summed E-state index contributed by atoms with van der Waals surface area (Å²) in [4.78, 5) is 12.1. The molecule has 1 aromatic heterocycles. The zero-order valence-corrected chi connectivity index (χ0v) is 13.6. The van der Waals surface area contributed by atoms with Gasteiger partial charge in [-0.3, -0.25) is 4.79 Å². The molecule has 3 rings (SSSR count). The van der Waals surface area contributed by atoms with Crippen LogP contribution in [0.2, 0.25) is 0 Å². The number of hydrogen-bond acceptors (Lipinski definition) is 4. The van der Waals surface area contributed by atoms with Crippen LogP contribution in [0, 0.1) is 0 Å². The topological polar surface area (TPSA) is 66.9 Å². The van der Waals surface area contributed by atoms with Crippen molar-refractivity contribution in [1.82, 2.24) is 10.2 Å². The maximum atomic E-state index is 12.1. The molecule has 6 heteroatoms. The molecule has 0 spiro atoms. The van der Waals surface area contributed by atoms with E-state index in [4.69, 9.17) is 0 Å². The van der Waals surface area contributed by atoms with Gasteiger partial charge < -0.3 is 10.6 Å². The van der Waals surface area contributed by atoms with Crippen molar-refractivity contribution in [3.63, 3.8) is 0 Å². The van der Waals surface area contributed by atoms with Crippen molar-refractivity contribution < 1.29 is 4.79 Å². The fourth-order valence-electron chi connectivity index (χ4n) is 2.54. The molecule has 2 N–H and O–H groups in total. The minimum absolute atomic E-state index is 0.262. The van der Waals surface area contributed by atoms with E-state index >= 15 is 0 Å². The van der Waals surface area contributed by atoms with E-state index in [1.807, 2.05) is 30.3 Å². The molecule has 22 heavy (non-hydrogen) atoms. The summed E-state index contributed by atoms with van der Waals surface area (Å²) in [5, 5.41) is 14.2. The molecule has 1 aliphatic carbocycles. The number of nitrogens with zero attached hydrogens (tertiary/aromatic N) is 2. The van der Waals surface area contributed by atoms with Gasteiger partial charge in [0, 0.05) is 16.2 Å². The number of carbonyl (C=O) groups excluding carboxylic acids is 1. The maximum absolute atomic E-state index is 12.1. The molecule has 114 valence electrons. The lowest BCUT2D eigenvalue weighted by molar-refractivity contribution is 0.102. The summed E-state index contributed by atoms with van der Waals surface area (Å²) in [5.41, 5.74) is 1.03. The summed E-state index contributed by atoms with van der Waals surface area (Å²) in [6.45, 7) is 0. The van der Waals surface area contributed by atoms with E-state index in [0.717, 1.165) is 16.0 Å². The van der Waals surface area contributed by atoms with Gasteiger partial charge in [0.2, 0.25) is 0 Å². The number of nitrogens with one attached hydrogen (secondary N) is 2. The van der Waals surface area contributed by atoms with Crippen molar-refractivity contribution in [2.24, 2.45) is 0 Å². The number of aromatic nitrogens is 2. The summed E-state index contributed by atoms with van der Waals surface area (Å²) in [6, 6.07) is 11.4. The second-order valence-corrected chi connectivity index (χ2v) is 6.31. The van der Waals surface area contributed by atoms with E-state index < -0.39 is 0 Å². The number of rotatable bonds is 4. The molecule has 0 atom stereocenters. The number of amides is 1. The van der Waals surface area contributed by atoms with Crippen LogP contribution in [0.4, 0.5) is 11.5 Å². The Kier molecular flexibility index (Phi) is 4.68. The van der Waals surface area contributed by atoms with Gasteiger partial charge in [0.15, 0.2) is 5.69 Å². The van der Waals surface area contributed by atoms with Gasteiger partial charge in [-0.15, -0.1) is 10.2 Å². The van der Waals surface area contributed by atoms with Crippen LogP contribution in [0.3, 0.4) is 0 Å². The average molecular weight is 361 g/mol. The van der Waals surface area contributed by atoms with Crippen LogP contribution in [-0.4, -0.2) is 22.1 Å². The Morgan fingerprint density at radius 1 is 1.05 bits per heavy atom. The molecule has 1 amide bonds. The first-order valence-corrected chi connectivity index (χ1v) is 8.17. The molecule has 1 saturated carbocycles. The van der Waals surface area contributed by atoms with Crippen LogP contribution in [-0.2, 0) is 0 Å². The van der Waals surface area contributed by atoms with Crippen molar-refractivity contribution in [2.75, 3.05) is 10.6 Å². The SMILES string of the molecule is O=C(Nc1ccc(Br)cc1)c1ccc(NC2CCCC2)nn1. The molecule has 5 nitrogen and oxygen atoms in total.